The minimum Gasteiger partial charge on any atom is -0.480 e. The minimum atomic E-state index is -2.01. The summed E-state index contributed by atoms with van der Waals surface area (Å²) in [6.07, 6.45) is 0.115. The van der Waals surface area contributed by atoms with E-state index in [-0.39, 0.29) is 12.1 Å². The fourth-order valence-corrected chi connectivity index (χ4v) is 3.30. The van der Waals surface area contributed by atoms with E-state index in [1.165, 1.54) is 37.3 Å². The van der Waals surface area contributed by atoms with Crippen LogP contribution >= 0.6 is 0 Å². The molecule has 0 aliphatic heterocycles. The summed E-state index contributed by atoms with van der Waals surface area (Å²) >= 11 is 0. The number of carboxylic acids is 1. The predicted molar refractivity (Wildman–Crippen MR) is 111 cm³/mol. The Hall–Kier alpha value is -3.59. The zero-order valence-corrected chi connectivity index (χ0v) is 17.1. The number of nitrogens with one attached hydrogen (secondary N) is 1. The van der Waals surface area contributed by atoms with Crippen LogP contribution in [0.3, 0.4) is 0 Å². The molecule has 2 atom stereocenters. The maximum atomic E-state index is 15.1. The zero-order valence-electron chi connectivity index (χ0n) is 17.1. The van der Waals surface area contributed by atoms with Crippen LogP contribution in [0.1, 0.15) is 22.8 Å². The molecule has 3 rings (SSSR count). The number of rotatable bonds is 8. The first-order valence-electron chi connectivity index (χ1n) is 9.61. The second-order valence-corrected chi connectivity index (χ2v) is 7.47. The van der Waals surface area contributed by atoms with Gasteiger partial charge in [-0.25, -0.2) is 18.0 Å². The normalized spacial score (nSPS) is 20.3. The Kier molecular flexibility index (Phi) is 6.69. The summed E-state index contributed by atoms with van der Waals surface area (Å²) in [5.74, 6) is -3.34. The van der Waals surface area contributed by atoms with Crippen LogP contribution in [0.2, 0.25) is 0 Å². The van der Waals surface area contributed by atoms with Crippen LogP contribution in [0.5, 0.6) is 0 Å². The number of halogens is 3. The van der Waals surface area contributed by atoms with Gasteiger partial charge in [-0.05, 0) is 66.1 Å². The van der Waals surface area contributed by atoms with E-state index >= 15 is 4.39 Å². The van der Waals surface area contributed by atoms with Crippen LogP contribution in [0.4, 0.5) is 13.2 Å². The summed E-state index contributed by atoms with van der Waals surface area (Å²) in [5.41, 5.74) is 4.91. The molecule has 4 N–H and O–H groups in total. The molecule has 32 heavy (non-hydrogen) atoms. The number of hydrogen-bond acceptors (Lipinski definition) is 4. The molecular weight excluding hydrogens is 425 g/mol. The number of aliphatic carboxylic acids is 1. The molecular formula is C23H21F3N2O4. The van der Waals surface area contributed by atoms with Crippen molar-refractivity contribution in [1.82, 2.24) is 5.32 Å². The zero-order chi connectivity index (χ0) is 23.5. The number of alkyl halides is 1. The molecule has 2 unspecified atom stereocenters. The number of ether oxygens (including phenoxy) is 1. The van der Waals surface area contributed by atoms with Gasteiger partial charge in [0, 0.05) is 12.1 Å². The van der Waals surface area contributed by atoms with Crippen LogP contribution in [-0.2, 0) is 16.1 Å². The second-order valence-electron chi connectivity index (χ2n) is 7.47. The van der Waals surface area contributed by atoms with Gasteiger partial charge in [0.1, 0.15) is 23.9 Å². The predicted octanol–water partition coefficient (Wildman–Crippen LogP) is 3.63. The number of carbonyl (C=O) groups excluding carboxylic acids is 1. The molecule has 2 aromatic carbocycles. The molecule has 0 fully saturated rings. The first kappa shape index (κ1) is 23.1. The Bertz CT molecular complexity index is 1120. The molecule has 1 amide bonds. The van der Waals surface area contributed by atoms with Gasteiger partial charge in [-0.3, -0.25) is 4.79 Å². The van der Waals surface area contributed by atoms with Crippen molar-refractivity contribution in [3.05, 3.63) is 83.1 Å². The summed E-state index contributed by atoms with van der Waals surface area (Å²) < 4.78 is 48.1. The van der Waals surface area contributed by atoms with E-state index in [0.717, 1.165) is 12.2 Å². The largest absolute Gasteiger partial charge is 0.480 e. The van der Waals surface area contributed by atoms with Gasteiger partial charge in [0.05, 0.1) is 5.70 Å². The van der Waals surface area contributed by atoms with E-state index < -0.39 is 47.6 Å². The summed E-state index contributed by atoms with van der Waals surface area (Å²) in [5, 5.41) is 11.4. The van der Waals surface area contributed by atoms with E-state index in [0.29, 0.717) is 16.7 Å². The monoisotopic (exact) mass is 446 g/mol. The molecule has 0 aromatic heterocycles. The Morgan fingerprint density at radius 1 is 1.19 bits per heavy atom. The van der Waals surface area contributed by atoms with Crippen molar-refractivity contribution in [3.63, 3.8) is 0 Å². The SMILES string of the molecule is CC1(OCC(=O)O)C=CC(F)=C(NCc2cc(C(N)=O)cc(-c3cccc(F)c3)c2)C1F. The number of primary amides is 1. The van der Waals surface area contributed by atoms with Gasteiger partial charge in [-0.1, -0.05) is 12.1 Å². The molecule has 168 valence electrons. The fraction of sp³-hybridized carbons (Fsp3) is 0.217. The highest BCUT2D eigenvalue weighted by molar-refractivity contribution is 5.94. The lowest BCUT2D eigenvalue weighted by Gasteiger charge is -2.34. The molecule has 0 saturated heterocycles. The van der Waals surface area contributed by atoms with E-state index in [1.54, 1.807) is 12.1 Å². The Morgan fingerprint density at radius 3 is 2.59 bits per heavy atom. The Balaban J connectivity index is 1.86. The van der Waals surface area contributed by atoms with Crippen LogP contribution in [0.25, 0.3) is 11.1 Å². The topological polar surface area (TPSA) is 102 Å². The van der Waals surface area contributed by atoms with Crippen molar-refractivity contribution in [2.45, 2.75) is 25.2 Å². The lowest BCUT2D eigenvalue weighted by atomic mass is 9.91. The van der Waals surface area contributed by atoms with Gasteiger partial charge >= 0.3 is 5.97 Å². The van der Waals surface area contributed by atoms with Gasteiger partial charge in [-0.2, -0.15) is 0 Å². The maximum Gasteiger partial charge on any atom is 0.329 e. The van der Waals surface area contributed by atoms with E-state index in [1.807, 2.05) is 0 Å². The maximum absolute atomic E-state index is 15.1. The van der Waals surface area contributed by atoms with Crippen LogP contribution in [-0.4, -0.2) is 35.4 Å². The Morgan fingerprint density at radius 2 is 1.94 bits per heavy atom. The van der Waals surface area contributed by atoms with Crippen LogP contribution < -0.4 is 11.1 Å². The highest BCUT2D eigenvalue weighted by Crippen LogP contribution is 2.33. The van der Waals surface area contributed by atoms with Gasteiger partial charge in [0.2, 0.25) is 5.91 Å². The summed E-state index contributed by atoms with van der Waals surface area (Å²) in [6, 6.07) is 10.3. The summed E-state index contributed by atoms with van der Waals surface area (Å²) in [4.78, 5) is 22.5. The minimum absolute atomic E-state index is 0.0878. The number of hydrogen-bond donors (Lipinski definition) is 3. The summed E-state index contributed by atoms with van der Waals surface area (Å²) in [7, 11) is 0. The molecule has 0 heterocycles. The first-order chi connectivity index (χ1) is 15.1. The van der Waals surface area contributed by atoms with Gasteiger partial charge < -0.3 is 20.9 Å². The molecule has 0 saturated carbocycles. The fourth-order valence-electron chi connectivity index (χ4n) is 3.30. The summed E-state index contributed by atoms with van der Waals surface area (Å²) in [6.45, 7) is 0.463. The third-order valence-corrected chi connectivity index (χ3v) is 5.00. The lowest BCUT2D eigenvalue weighted by Crippen LogP contribution is -2.45. The number of benzene rings is 2. The number of nitrogens with two attached hydrogens (primary N) is 1. The molecule has 0 spiro atoms. The standard InChI is InChI=1S/C23H21F3N2O4/c1-23(32-12-19(29)30)6-5-18(25)20(21(23)26)28-11-13-7-15(9-16(8-13)22(27)31)14-3-2-4-17(24)10-14/h2-10,21,28H,11-12H2,1H3,(H2,27,31)(H,29,30). The molecule has 0 bridgehead atoms. The third-order valence-electron chi connectivity index (χ3n) is 5.00. The average Bonchev–Trinajstić information content (AvgIpc) is 2.75. The Labute approximate surface area is 182 Å². The third kappa shape index (κ3) is 5.17. The van der Waals surface area contributed by atoms with E-state index in [4.69, 9.17) is 15.6 Å². The van der Waals surface area contributed by atoms with Crippen molar-refractivity contribution in [2.75, 3.05) is 6.61 Å². The first-order valence-corrected chi connectivity index (χ1v) is 9.61. The van der Waals surface area contributed by atoms with Gasteiger partial charge in [0.25, 0.3) is 0 Å². The quantitative estimate of drug-likeness (QED) is 0.575. The van der Waals surface area contributed by atoms with Crippen molar-refractivity contribution in [1.29, 1.82) is 0 Å². The molecule has 1 aliphatic carbocycles. The molecule has 2 aromatic rings. The molecule has 0 radical (unpaired) electrons. The highest BCUT2D eigenvalue weighted by Gasteiger charge is 2.40. The number of allylic oxidation sites excluding steroid dienone is 2. The number of carboxylic acid groups (broad SMARTS) is 1. The van der Waals surface area contributed by atoms with Crippen LogP contribution in [0.15, 0.2) is 66.1 Å². The van der Waals surface area contributed by atoms with Crippen molar-refractivity contribution >= 4 is 11.9 Å². The van der Waals surface area contributed by atoms with Crippen molar-refractivity contribution in [2.24, 2.45) is 5.73 Å². The average molecular weight is 446 g/mol. The van der Waals surface area contributed by atoms with E-state index in [9.17, 15) is 18.4 Å². The molecule has 1 aliphatic rings. The smallest absolute Gasteiger partial charge is 0.329 e. The van der Waals surface area contributed by atoms with Crippen molar-refractivity contribution < 1.29 is 32.6 Å². The second kappa shape index (κ2) is 9.27. The number of carbonyl (C=O) groups is 2. The van der Waals surface area contributed by atoms with Crippen LogP contribution in [0, 0.1) is 5.82 Å². The molecule has 6 nitrogen and oxygen atoms in total. The van der Waals surface area contributed by atoms with Crippen molar-refractivity contribution in [3.8, 4) is 11.1 Å². The van der Waals surface area contributed by atoms with E-state index in [2.05, 4.69) is 5.32 Å². The lowest BCUT2D eigenvalue weighted by molar-refractivity contribution is -0.148. The van der Waals surface area contributed by atoms with Gasteiger partial charge in [0.15, 0.2) is 6.17 Å². The number of amides is 1. The highest BCUT2D eigenvalue weighted by atomic mass is 19.1. The van der Waals surface area contributed by atoms with Gasteiger partial charge in [-0.15, -0.1) is 0 Å². The molecule has 9 heteroatoms.